The van der Waals surface area contributed by atoms with Gasteiger partial charge in [-0.3, -0.25) is 4.79 Å². The van der Waals surface area contributed by atoms with Crippen LogP contribution in [0.4, 0.5) is 23.5 Å². The number of nitrogens with two attached hydrogens (primary N) is 1. The Morgan fingerprint density at radius 3 is 2.70 bits per heavy atom. The minimum Gasteiger partial charge on any atom is -0.369 e. The number of para-hydroxylation sites is 1. The summed E-state index contributed by atoms with van der Waals surface area (Å²) in [7, 11) is 0. The van der Waals surface area contributed by atoms with Crippen LogP contribution in [0.3, 0.4) is 0 Å². The molecule has 0 fully saturated rings. The average Bonchev–Trinajstić information content (AvgIpc) is 2.97. The first-order chi connectivity index (χ1) is 12.6. The Morgan fingerprint density at radius 2 is 2.04 bits per heavy atom. The molecular formula is C18H16F4N4O. The van der Waals surface area contributed by atoms with Crippen molar-refractivity contribution in [1.29, 1.82) is 0 Å². The standard InChI is InChI=1S/C18H16F4N4O/c1-9(10-5-6-13(19)12(7-10)18(20,21)22)24-17-25-14-4-2-3-11(8-15(23)27)16(14)26-17/h2-7,9H,8H2,1H3,(H2,23,27)(H2,24,25,26)/t9-/m1/s1. The summed E-state index contributed by atoms with van der Waals surface area (Å²) in [5.74, 6) is -1.51. The number of rotatable bonds is 5. The van der Waals surface area contributed by atoms with Gasteiger partial charge in [0.25, 0.3) is 0 Å². The van der Waals surface area contributed by atoms with E-state index in [1.165, 1.54) is 6.07 Å². The van der Waals surface area contributed by atoms with Crippen molar-refractivity contribution in [3.63, 3.8) is 0 Å². The van der Waals surface area contributed by atoms with Crippen molar-refractivity contribution in [3.8, 4) is 0 Å². The second-order valence-electron chi connectivity index (χ2n) is 6.14. The molecule has 0 aliphatic heterocycles. The predicted octanol–water partition coefficient (Wildman–Crippen LogP) is 3.92. The van der Waals surface area contributed by atoms with E-state index in [2.05, 4.69) is 15.3 Å². The number of primary amides is 1. The van der Waals surface area contributed by atoms with E-state index in [-0.39, 0.29) is 12.0 Å². The highest BCUT2D eigenvalue weighted by atomic mass is 19.4. The van der Waals surface area contributed by atoms with Crippen LogP contribution in [-0.4, -0.2) is 15.9 Å². The molecule has 0 aliphatic rings. The number of nitrogens with one attached hydrogen (secondary N) is 2. The molecular weight excluding hydrogens is 364 g/mol. The monoisotopic (exact) mass is 380 g/mol. The summed E-state index contributed by atoms with van der Waals surface area (Å²) in [6, 6.07) is 7.48. The zero-order chi connectivity index (χ0) is 19.8. The third kappa shape index (κ3) is 4.02. The van der Waals surface area contributed by atoms with Gasteiger partial charge in [-0.25, -0.2) is 9.37 Å². The molecule has 4 N–H and O–H groups in total. The van der Waals surface area contributed by atoms with Gasteiger partial charge in [0, 0.05) is 0 Å². The number of aromatic nitrogens is 2. The first kappa shape index (κ1) is 18.7. The van der Waals surface area contributed by atoms with E-state index < -0.39 is 29.5 Å². The Bertz CT molecular complexity index is 997. The molecule has 9 heteroatoms. The molecule has 0 spiro atoms. The second kappa shape index (κ2) is 6.90. The lowest BCUT2D eigenvalue weighted by molar-refractivity contribution is -0.140. The minimum atomic E-state index is -4.77. The van der Waals surface area contributed by atoms with E-state index >= 15 is 0 Å². The van der Waals surface area contributed by atoms with E-state index in [0.717, 1.165) is 12.1 Å². The van der Waals surface area contributed by atoms with E-state index in [4.69, 9.17) is 5.73 Å². The predicted molar refractivity (Wildman–Crippen MR) is 92.4 cm³/mol. The Hall–Kier alpha value is -3.10. The SMILES string of the molecule is C[C@@H](Nc1nc2c(CC(N)=O)cccc2[nH]1)c1ccc(F)c(C(F)(F)F)c1. The fourth-order valence-electron chi connectivity index (χ4n) is 2.81. The number of imidazole rings is 1. The fraction of sp³-hybridized carbons (Fsp3) is 0.222. The number of halogens is 4. The average molecular weight is 380 g/mol. The molecule has 0 saturated carbocycles. The zero-order valence-corrected chi connectivity index (χ0v) is 14.2. The molecule has 0 radical (unpaired) electrons. The number of hydrogen-bond donors (Lipinski definition) is 3. The second-order valence-corrected chi connectivity index (χ2v) is 6.14. The lowest BCUT2D eigenvalue weighted by atomic mass is 10.0. The van der Waals surface area contributed by atoms with Crippen LogP contribution >= 0.6 is 0 Å². The number of aromatic amines is 1. The van der Waals surface area contributed by atoms with Crippen LogP contribution in [-0.2, 0) is 17.4 Å². The number of nitrogens with zero attached hydrogens (tertiary/aromatic N) is 1. The summed E-state index contributed by atoms with van der Waals surface area (Å²) < 4.78 is 52.1. The van der Waals surface area contributed by atoms with Crippen LogP contribution in [0, 0.1) is 5.82 Å². The summed E-state index contributed by atoms with van der Waals surface area (Å²) in [5, 5.41) is 2.95. The Labute approximate surface area is 151 Å². The van der Waals surface area contributed by atoms with Crippen molar-refractivity contribution in [2.45, 2.75) is 25.6 Å². The molecule has 0 unspecified atom stereocenters. The van der Waals surface area contributed by atoms with Gasteiger partial charge in [-0.1, -0.05) is 18.2 Å². The van der Waals surface area contributed by atoms with Gasteiger partial charge in [-0.15, -0.1) is 0 Å². The normalized spacial score (nSPS) is 12.9. The topological polar surface area (TPSA) is 83.8 Å². The summed E-state index contributed by atoms with van der Waals surface area (Å²) in [6.07, 6.45) is -4.76. The first-order valence-corrected chi connectivity index (χ1v) is 8.04. The van der Waals surface area contributed by atoms with Crippen molar-refractivity contribution in [2.75, 3.05) is 5.32 Å². The Kier molecular flexibility index (Phi) is 4.77. The molecule has 3 rings (SSSR count). The van der Waals surface area contributed by atoms with Gasteiger partial charge in [-0.2, -0.15) is 13.2 Å². The molecule has 1 aromatic heterocycles. The Balaban J connectivity index is 1.88. The van der Waals surface area contributed by atoms with Crippen LogP contribution in [0.25, 0.3) is 11.0 Å². The third-order valence-electron chi connectivity index (χ3n) is 4.11. The van der Waals surface area contributed by atoms with Crippen LogP contribution in [0.2, 0.25) is 0 Å². The van der Waals surface area contributed by atoms with Gasteiger partial charge in [0.1, 0.15) is 5.82 Å². The highest BCUT2D eigenvalue weighted by Crippen LogP contribution is 2.33. The maximum Gasteiger partial charge on any atom is 0.419 e. The number of carbonyl (C=O) groups is 1. The van der Waals surface area contributed by atoms with Crippen LogP contribution in [0.1, 0.15) is 29.7 Å². The highest BCUT2D eigenvalue weighted by molar-refractivity contribution is 5.86. The molecule has 1 amide bonds. The Morgan fingerprint density at radius 1 is 1.30 bits per heavy atom. The molecule has 5 nitrogen and oxygen atoms in total. The van der Waals surface area contributed by atoms with E-state index in [9.17, 15) is 22.4 Å². The van der Waals surface area contributed by atoms with Gasteiger partial charge in [0.2, 0.25) is 11.9 Å². The van der Waals surface area contributed by atoms with Gasteiger partial charge < -0.3 is 16.0 Å². The first-order valence-electron chi connectivity index (χ1n) is 8.04. The maximum atomic E-state index is 13.4. The van der Waals surface area contributed by atoms with Crippen LogP contribution in [0.15, 0.2) is 36.4 Å². The van der Waals surface area contributed by atoms with E-state index in [1.807, 2.05) is 0 Å². The maximum absolute atomic E-state index is 13.4. The van der Waals surface area contributed by atoms with Crippen molar-refractivity contribution < 1.29 is 22.4 Å². The van der Waals surface area contributed by atoms with Gasteiger partial charge in [0.15, 0.2) is 0 Å². The quantitative estimate of drug-likeness (QED) is 0.587. The zero-order valence-electron chi connectivity index (χ0n) is 14.2. The number of hydrogen-bond acceptors (Lipinski definition) is 3. The van der Waals surface area contributed by atoms with Crippen LogP contribution < -0.4 is 11.1 Å². The number of anilines is 1. The number of carbonyl (C=O) groups excluding carboxylic acids is 1. The lowest BCUT2D eigenvalue weighted by Crippen LogP contribution is -2.14. The number of benzene rings is 2. The van der Waals surface area contributed by atoms with Crippen molar-refractivity contribution in [1.82, 2.24) is 9.97 Å². The highest BCUT2D eigenvalue weighted by Gasteiger charge is 2.34. The number of H-pyrrole nitrogens is 1. The lowest BCUT2D eigenvalue weighted by Gasteiger charge is -2.16. The molecule has 2 aromatic carbocycles. The van der Waals surface area contributed by atoms with Gasteiger partial charge in [0.05, 0.1) is 29.1 Å². The number of alkyl halides is 3. The molecule has 142 valence electrons. The molecule has 27 heavy (non-hydrogen) atoms. The van der Waals surface area contributed by atoms with Crippen molar-refractivity contribution >= 4 is 22.9 Å². The number of amides is 1. The summed E-state index contributed by atoms with van der Waals surface area (Å²) >= 11 is 0. The largest absolute Gasteiger partial charge is 0.419 e. The molecule has 1 atom stereocenters. The van der Waals surface area contributed by atoms with Crippen molar-refractivity contribution in [3.05, 3.63) is 58.9 Å². The smallest absolute Gasteiger partial charge is 0.369 e. The van der Waals surface area contributed by atoms with E-state index in [0.29, 0.717) is 22.5 Å². The summed E-state index contributed by atoms with van der Waals surface area (Å²) in [6.45, 7) is 1.63. The van der Waals surface area contributed by atoms with Gasteiger partial charge in [-0.05, 0) is 36.2 Å². The minimum absolute atomic E-state index is 0.0179. The molecule has 0 saturated heterocycles. The molecule has 0 bridgehead atoms. The van der Waals surface area contributed by atoms with Crippen molar-refractivity contribution in [2.24, 2.45) is 5.73 Å². The van der Waals surface area contributed by atoms with E-state index in [1.54, 1.807) is 25.1 Å². The van der Waals surface area contributed by atoms with Gasteiger partial charge >= 0.3 is 6.18 Å². The molecule has 0 aliphatic carbocycles. The fourth-order valence-corrected chi connectivity index (χ4v) is 2.81. The summed E-state index contributed by atoms with van der Waals surface area (Å²) in [5.41, 5.74) is 5.99. The molecule has 1 heterocycles. The molecule has 3 aromatic rings. The van der Waals surface area contributed by atoms with Crippen LogP contribution in [0.5, 0.6) is 0 Å². The summed E-state index contributed by atoms with van der Waals surface area (Å²) in [4.78, 5) is 18.5. The number of fused-ring (bicyclic) bond motifs is 1. The third-order valence-corrected chi connectivity index (χ3v) is 4.11.